The van der Waals surface area contributed by atoms with Crippen LogP contribution in [0.25, 0.3) is 11.3 Å². The highest BCUT2D eigenvalue weighted by atomic mass is 19.1. The highest BCUT2D eigenvalue weighted by Gasteiger charge is 2.24. The first-order valence-corrected chi connectivity index (χ1v) is 11.2. The van der Waals surface area contributed by atoms with Crippen molar-refractivity contribution in [2.45, 2.75) is 57.5 Å². The highest BCUT2D eigenvalue weighted by Crippen LogP contribution is 2.31. The molecule has 1 saturated carbocycles. The van der Waals surface area contributed by atoms with Crippen LogP contribution in [0.2, 0.25) is 0 Å². The van der Waals surface area contributed by atoms with Crippen molar-refractivity contribution >= 4 is 0 Å². The molecule has 2 aromatic heterocycles. The summed E-state index contributed by atoms with van der Waals surface area (Å²) in [6, 6.07) is 10.4. The maximum atomic E-state index is 13.5. The Balaban J connectivity index is 1.28. The molecule has 1 aromatic carbocycles. The number of hydrogen-bond donors (Lipinski definition) is 1. The van der Waals surface area contributed by atoms with Crippen LogP contribution < -0.4 is 5.56 Å². The van der Waals surface area contributed by atoms with Crippen molar-refractivity contribution in [3.05, 3.63) is 81.4 Å². The number of aromatic amines is 1. The molecule has 0 atom stereocenters. The first-order chi connectivity index (χ1) is 15.2. The normalized spacial score (nSPS) is 17.5. The number of fused-ring (bicyclic) bond motifs is 1. The van der Waals surface area contributed by atoms with Crippen LogP contribution in [0.1, 0.15) is 60.7 Å². The van der Waals surface area contributed by atoms with Crippen LogP contribution in [0.3, 0.4) is 0 Å². The van der Waals surface area contributed by atoms with Gasteiger partial charge < -0.3 is 4.98 Å². The maximum absolute atomic E-state index is 13.5. The molecule has 0 bridgehead atoms. The van der Waals surface area contributed by atoms with E-state index in [0.717, 1.165) is 66.3 Å². The van der Waals surface area contributed by atoms with Crippen molar-refractivity contribution in [1.82, 2.24) is 19.9 Å². The van der Waals surface area contributed by atoms with Crippen molar-refractivity contribution in [1.29, 1.82) is 0 Å². The zero-order valence-corrected chi connectivity index (χ0v) is 17.6. The van der Waals surface area contributed by atoms with Gasteiger partial charge in [0.25, 0.3) is 5.56 Å². The van der Waals surface area contributed by atoms with Crippen molar-refractivity contribution in [2.75, 3.05) is 6.54 Å². The molecule has 160 valence electrons. The van der Waals surface area contributed by atoms with Crippen LogP contribution in [0.5, 0.6) is 0 Å². The first kappa shape index (κ1) is 20.1. The molecule has 0 amide bonds. The van der Waals surface area contributed by atoms with Crippen LogP contribution in [-0.4, -0.2) is 26.4 Å². The summed E-state index contributed by atoms with van der Waals surface area (Å²) >= 11 is 0. The third-order valence-electron chi connectivity index (χ3n) is 6.51. The fraction of sp³-hybridized carbons (Fsp3) is 0.400. The molecule has 0 unspecified atom stereocenters. The molecular weight excluding hydrogens is 391 g/mol. The molecule has 3 aromatic rings. The molecule has 5 nitrogen and oxygen atoms in total. The summed E-state index contributed by atoms with van der Waals surface area (Å²) in [4.78, 5) is 27.5. The summed E-state index contributed by atoms with van der Waals surface area (Å²) in [7, 11) is 0. The number of H-pyrrole nitrogens is 1. The van der Waals surface area contributed by atoms with Crippen LogP contribution in [0.4, 0.5) is 4.39 Å². The number of nitrogens with zero attached hydrogens (tertiary/aromatic N) is 3. The van der Waals surface area contributed by atoms with E-state index in [4.69, 9.17) is 4.98 Å². The Hall–Kier alpha value is -2.86. The number of halogens is 1. The van der Waals surface area contributed by atoms with Gasteiger partial charge in [0.05, 0.1) is 17.0 Å². The van der Waals surface area contributed by atoms with Gasteiger partial charge in [-0.1, -0.05) is 37.5 Å². The minimum absolute atomic E-state index is 0.0230. The smallest absolute Gasteiger partial charge is 0.255 e. The summed E-state index contributed by atoms with van der Waals surface area (Å²) in [6.07, 6.45) is 8.65. The van der Waals surface area contributed by atoms with Gasteiger partial charge in [-0.2, -0.15) is 0 Å². The molecule has 0 saturated heterocycles. The minimum atomic E-state index is -0.263. The average Bonchev–Trinajstić information content (AvgIpc) is 2.80. The van der Waals surface area contributed by atoms with Crippen molar-refractivity contribution in [3.8, 4) is 11.3 Å². The molecule has 2 aliphatic rings. The second-order valence-corrected chi connectivity index (χ2v) is 8.73. The number of aromatic nitrogens is 3. The number of pyridine rings is 1. The fourth-order valence-corrected chi connectivity index (χ4v) is 4.80. The van der Waals surface area contributed by atoms with E-state index in [1.165, 1.54) is 31.4 Å². The monoisotopic (exact) mass is 418 g/mol. The standard InChI is InChI=1S/C25H27FN4O/c26-20-8-4-7-19(13-20)22-10-9-17(14-27-22)15-30-12-11-23-21(16-30)25(31)29-24(28-23)18-5-2-1-3-6-18/h4,7-10,13-14,18H,1-3,5-6,11-12,15-16H2,(H,28,29,31). The Morgan fingerprint density at radius 1 is 1.13 bits per heavy atom. The molecule has 0 spiro atoms. The van der Waals surface area contributed by atoms with Gasteiger partial charge in [-0.25, -0.2) is 9.37 Å². The van der Waals surface area contributed by atoms with Crippen molar-refractivity contribution in [2.24, 2.45) is 0 Å². The maximum Gasteiger partial charge on any atom is 0.255 e. The molecule has 3 heterocycles. The lowest BCUT2D eigenvalue weighted by atomic mass is 9.88. The second kappa shape index (κ2) is 8.71. The number of rotatable bonds is 4. The lowest BCUT2D eigenvalue weighted by molar-refractivity contribution is 0.240. The largest absolute Gasteiger partial charge is 0.310 e. The Morgan fingerprint density at radius 2 is 2.00 bits per heavy atom. The van der Waals surface area contributed by atoms with Crippen LogP contribution in [0.15, 0.2) is 47.4 Å². The van der Waals surface area contributed by atoms with Crippen LogP contribution in [-0.2, 0) is 19.5 Å². The Labute approximate surface area is 181 Å². The third-order valence-corrected chi connectivity index (χ3v) is 6.51. The van der Waals surface area contributed by atoms with Crippen LogP contribution >= 0.6 is 0 Å². The van der Waals surface area contributed by atoms with Crippen LogP contribution in [0, 0.1) is 5.82 Å². The highest BCUT2D eigenvalue weighted by molar-refractivity contribution is 5.58. The quantitative estimate of drug-likeness (QED) is 0.674. The zero-order valence-electron chi connectivity index (χ0n) is 17.6. The molecule has 6 heteroatoms. The number of benzene rings is 1. The summed E-state index contributed by atoms with van der Waals surface area (Å²) in [6.45, 7) is 2.20. The molecular formula is C25H27FN4O. The van der Waals surface area contributed by atoms with E-state index in [9.17, 15) is 9.18 Å². The summed E-state index contributed by atoms with van der Waals surface area (Å²) in [5.74, 6) is 1.04. The van der Waals surface area contributed by atoms with Gasteiger partial charge in [-0.05, 0) is 36.6 Å². The van der Waals surface area contributed by atoms with Gasteiger partial charge in [0, 0.05) is 43.7 Å². The van der Waals surface area contributed by atoms with E-state index in [1.54, 1.807) is 6.07 Å². The van der Waals surface area contributed by atoms with Gasteiger partial charge in [-0.15, -0.1) is 0 Å². The Morgan fingerprint density at radius 3 is 2.77 bits per heavy atom. The lowest BCUT2D eigenvalue weighted by Crippen LogP contribution is -2.36. The SMILES string of the molecule is O=c1[nH]c(C2CCCCC2)nc2c1CN(Cc1ccc(-c3cccc(F)c3)nc1)CC2. The molecule has 5 rings (SSSR count). The van der Waals surface area contributed by atoms with E-state index < -0.39 is 0 Å². The molecule has 31 heavy (non-hydrogen) atoms. The number of nitrogens with one attached hydrogen (secondary N) is 1. The summed E-state index contributed by atoms with van der Waals surface area (Å²) in [5.41, 5.74) is 4.39. The van der Waals surface area contributed by atoms with E-state index in [0.29, 0.717) is 12.5 Å². The van der Waals surface area contributed by atoms with E-state index in [2.05, 4.69) is 14.9 Å². The lowest BCUT2D eigenvalue weighted by Gasteiger charge is -2.28. The second-order valence-electron chi connectivity index (χ2n) is 8.73. The van der Waals surface area contributed by atoms with E-state index in [-0.39, 0.29) is 11.4 Å². The van der Waals surface area contributed by atoms with E-state index >= 15 is 0 Å². The minimum Gasteiger partial charge on any atom is -0.310 e. The van der Waals surface area contributed by atoms with Gasteiger partial charge in [0.15, 0.2) is 0 Å². The van der Waals surface area contributed by atoms with Gasteiger partial charge in [-0.3, -0.25) is 14.7 Å². The van der Waals surface area contributed by atoms with Crippen molar-refractivity contribution < 1.29 is 4.39 Å². The summed E-state index contributed by atoms with van der Waals surface area (Å²) in [5, 5.41) is 0. The molecule has 1 fully saturated rings. The third kappa shape index (κ3) is 4.44. The van der Waals surface area contributed by atoms with Gasteiger partial charge in [0.2, 0.25) is 0 Å². The molecule has 1 N–H and O–H groups in total. The first-order valence-electron chi connectivity index (χ1n) is 11.2. The fourth-order valence-electron chi connectivity index (χ4n) is 4.80. The molecule has 1 aliphatic carbocycles. The Kier molecular flexibility index (Phi) is 5.64. The van der Waals surface area contributed by atoms with Gasteiger partial charge >= 0.3 is 0 Å². The summed E-state index contributed by atoms with van der Waals surface area (Å²) < 4.78 is 13.5. The molecule has 1 aliphatic heterocycles. The predicted molar refractivity (Wildman–Crippen MR) is 118 cm³/mol. The predicted octanol–water partition coefficient (Wildman–Crippen LogP) is 4.58. The Bertz CT molecular complexity index is 1120. The average molecular weight is 419 g/mol. The zero-order chi connectivity index (χ0) is 21.2. The van der Waals surface area contributed by atoms with Gasteiger partial charge in [0.1, 0.15) is 11.6 Å². The number of hydrogen-bond acceptors (Lipinski definition) is 4. The topological polar surface area (TPSA) is 61.9 Å². The van der Waals surface area contributed by atoms with Crippen molar-refractivity contribution in [3.63, 3.8) is 0 Å². The molecule has 0 radical (unpaired) electrons. The van der Waals surface area contributed by atoms with E-state index in [1.807, 2.05) is 24.4 Å².